The van der Waals surface area contributed by atoms with Gasteiger partial charge in [-0.3, -0.25) is 0 Å². The minimum atomic E-state index is 0.572. The lowest BCUT2D eigenvalue weighted by Gasteiger charge is -2.14. The summed E-state index contributed by atoms with van der Waals surface area (Å²) in [5, 5.41) is 3.54. The highest BCUT2D eigenvalue weighted by Crippen LogP contribution is 2.23. The van der Waals surface area contributed by atoms with Crippen LogP contribution in [-0.2, 0) is 11.3 Å². The average Bonchev–Trinajstić information content (AvgIpc) is 2.87. The molecule has 0 spiro atoms. The maximum absolute atomic E-state index is 5.08. The molecular weight excluding hydrogens is 188 g/mol. The minimum Gasteiger partial charge on any atom is -0.385 e. The molecule has 84 valence electrons. The smallest absolute Gasteiger partial charge is 0.0479 e. The fraction of sp³-hybridized carbons (Fsp3) is 0.667. The van der Waals surface area contributed by atoms with Crippen LogP contribution in [0.2, 0.25) is 0 Å². The number of aromatic nitrogens is 1. The van der Waals surface area contributed by atoms with Crippen molar-refractivity contribution in [3.05, 3.63) is 24.0 Å². The lowest BCUT2D eigenvalue weighted by atomic mass is 10.1. The van der Waals surface area contributed by atoms with E-state index in [0.717, 1.165) is 26.1 Å². The molecule has 1 saturated heterocycles. The van der Waals surface area contributed by atoms with Crippen molar-refractivity contribution < 1.29 is 4.74 Å². The maximum atomic E-state index is 5.08. The lowest BCUT2D eigenvalue weighted by molar-refractivity contribution is 0.190. The highest BCUT2D eigenvalue weighted by atomic mass is 16.5. The third-order valence-electron chi connectivity index (χ3n) is 3.03. The molecule has 2 heterocycles. The molecule has 1 aliphatic heterocycles. The largest absolute Gasteiger partial charge is 0.385 e. The van der Waals surface area contributed by atoms with Gasteiger partial charge < -0.3 is 14.6 Å². The van der Waals surface area contributed by atoms with E-state index in [-0.39, 0.29) is 0 Å². The predicted molar refractivity (Wildman–Crippen MR) is 60.9 cm³/mol. The van der Waals surface area contributed by atoms with Crippen molar-refractivity contribution in [2.75, 3.05) is 20.3 Å². The summed E-state index contributed by atoms with van der Waals surface area (Å²) < 4.78 is 7.43. The summed E-state index contributed by atoms with van der Waals surface area (Å²) in [6.45, 7) is 3.07. The van der Waals surface area contributed by atoms with Crippen LogP contribution in [0.4, 0.5) is 0 Å². The number of nitrogens with zero attached hydrogens (tertiary/aromatic N) is 1. The second-order valence-electron chi connectivity index (χ2n) is 4.12. The summed E-state index contributed by atoms with van der Waals surface area (Å²) >= 11 is 0. The van der Waals surface area contributed by atoms with Crippen LogP contribution in [0, 0.1) is 0 Å². The van der Waals surface area contributed by atoms with Crippen LogP contribution in [0.15, 0.2) is 18.3 Å². The number of ether oxygens (including phenoxy) is 1. The van der Waals surface area contributed by atoms with Gasteiger partial charge >= 0.3 is 0 Å². The molecule has 1 atom stereocenters. The molecule has 1 fully saturated rings. The van der Waals surface area contributed by atoms with Crippen molar-refractivity contribution in [2.45, 2.75) is 31.8 Å². The van der Waals surface area contributed by atoms with Gasteiger partial charge in [0.25, 0.3) is 0 Å². The third-order valence-corrected chi connectivity index (χ3v) is 3.03. The Morgan fingerprint density at radius 3 is 3.27 bits per heavy atom. The number of methoxy groups -OCH3 is 1. The fourth-order valence-electron chi connectivity index (χ4n) is 2.26. The van der Waals surface area contributed by atoms with Crippen molar-refractivity contribution in [3.63, 3.8) is 0 Å². The summed E-state index contributed by atoms with van der Waals surface area (Å²) in [5.41, 5.74) is 1.43. The summed E-state index contributed by atoms with van der Waals surface area (Å²) in [7, 11) is 1.76. The molecule has 3 heteroatoms. The van der Waals surface area contributed by atoms with Crippen molar-refractivity contribution in [3.8, 4) is 0 Å². The second kappa shape index (κ2) is 5.33. The van der Waals surface area contributed by atoms with Crippen molar-refractivity contribution in [2.24, 2.45) is 0 Å². The molecule has 0 saturated carbocycles. The zero-order valence-corrected chi connectivity index (χ0v) is 9.41. The van der Waals surface area contributed by atoms with E-state index in [1.165, 1.54) is 18.5 Å². The first-order valence-corrected chi connectivity index (χ1v) is 5.79. The summed E-state index contributed by atoms with van der Waals surface area (Å²) in [4.78, 5) is 0. The van der Waals surface area contributed by atoms with E-state index in [1.54, 1.807) is 7.11 Å². The molecular formula is C12H20N2O. The number of hydrogen-bond donors (Lipinski definition) is 1. The Hall–Kier alpha value is -0.800. The molecule has 0 aromatic carbocycles. The van der Waals surface area contributed by atoms with Crippen LogP contribution in [0.25, 0.3) is 0 Å². The van der Waals surface area contributed by atoms with E-state index in [9.17, 15) is 0 Å². The van der Waals surface area contributed by atoms with Crippen molar-refractivity contribution in [1.82, 2.24) is 9.88 Å². The van der Waals surface area contributed by atoms with Crippen LogP contribution < -0.4 is 5.32 Å². The van der Waals surface area contributed by atoms with E-state index >= 15 is 0 Å². The Morgan fingerprint density at radius 2 is 2.53 bits per heavy atom. The van der Waals surface area contributed by atoms with Crippen molar-refractivity contribution in [1.29, 1.82) is 0 Å². The van der Waals surface area contributed by atoms with E-state index in [0.29, 0.717) is 6.04 Å². The van der Waals surface area contributed by atoms with Gasteiger partial charge in [0.1, 0.15) is 0 Å². The molecule has 15 heavy (non-hydrogen) atoms. The number of nitrogens with one attached hydrogen (secondary N) is 1. The third kappa shape index (κ3) is 2.61. The monoisotopic (exact) mass is 208 g/mol. The molecule has 0 aliphatic carbocycles. The summed E-state index contributed by atoms with van der Waals surface area (Å²) in [6.07, 6.45) is 5.83. The molecule has 1 unspecified atom stereocenters. The number of aryl methyl sites for hydroxylation is 1. The van der Waals surface area contributed by atoms with Gasteiger partial charge in [0.15, 0.2) is 0 Å². The summed E-state index contributed by atoms with van der Waals surface area (Å²) in [5.74, 6) is 0. The van der Waals surface area contributed by atoms with Gasteiger partial charge in [-0.25, -0.2) is 0 Å². The zero-order valence-electron chi connectivity index (χ0n) is 9.41. The van der Waals surface area contributed by atoms with E-state index in [4.69, 9.17) is 4.74 Å². The Balaban J connectivity index is 1.95. The lowest BCUT2D eigenvalue weighted by Crippen LogP contribution is -2.17. The van der Waals surface area contributed by atoms with Gasteiger partial charge in [-0.15, -0.1) is 0 Å². The molecule has 1 aliphatic rings. The SMILES string of the molecule is COCCCn1cccc1C1CCCN1. The quantitative estimate of drug-likeness (QED) is 0.748. The Morgan fingerprint density at radius 1 is 1.60 bits per heavy atom. The molecule has 1 aromatic heterocycles. The second-order valence-corrected chi connectivity index (χ2v) is 4.12. The zero-order chi connectivity index (χ0) is 10.5. The van der Waals surface area contributed by atoms with E-state index in [1.807, 2.05) is 0 Å². The standard InChI is InChI=1S/C12H20N2O/c1-15-10-4-9-14-8-3-6-12(14)11-5-2-7-13-11/h3,6,8,11,13H,2,4-5,7,9-10H2,1H3. The first kappa shape index (κ1) is 10.7. The maximum Gasteiger partial charge on any atom is 0.0479 e. The molecule has 2 rings (SSSR count). The van der Waals surface area contributed by atoms with Crippen LogP contribution >= 0.6 is 0 Å². The van der Waals surface area contributed by atoms with E-state index in [2.05, 4.69) is 28.2 Å². The van der Waals surface area contributed by atoms with Crippen LogP contribution in [-0.4, -0.2) is 24.8 Å². The number of hydrogen-bond acceptors (Lipinski definition) is 2. The predicted octanol–water partition coefficient (Wildman–Crippen LogP) is 1.95. The molecule has 0 amide bonds. The highest BCUT2D eigenvalue weighted by molar-refractivity contribution is 5.13. The Bertz CT molecular complexity index is 290. The minimum absolute atomic E-state index is 0.572. The van der Waals surface area contributed by atoms with Crippen LogP contribution in [0.5, 0.6) is 0 Å². The first-order chi connectivity index (χ1) is 7.42. The van der Waals surface area contributed by atoms with Crippen LogP contribution in [0.1, 0.15) is 31.0 Å². The average molecular weight is 208 g/mol. The summed E-state index contributed by atoms with van der Waals surface area (Å²) in [6, 6.07) is 4.94. The fourth-order valence-corrected chi connectivity index (χ4v) is 2.26. The van der Waals surface area contributed by atoms with Crippen molar-refractivity contribution >= 4 is 0 Å². The van der Waals surface area contributed by atoms with Gasteiger partial charge in [0.05, 0.1) is 0 Å². The van der Waals surface area contributed by atoms with Gasteiger partial charge in [0, 0.05) is 38.2 Å². The Kier molecular flexibility index (Phi) is 3.80. The molecule has 0 radical (unpaired) electrons. The van der Waals surface area contributed by atoms with Gasteiger partial charge in [-0.05, 0) is 37.9 Å². The van der Waals surface area contributed by atoms with E-state index < -0.39 is 0 Å². The highest BCUT2D eigenvalue weighted by Gasteiger charge is 2.18. The molecule has 1 N–H and O–H groups in total. The molecule has 0 bridgehead atoms. The van der Waals surface area contributed by atoms with Crippen LogP contribution in [0.3, 0.4) is 0 Å². The molecule has 1 aromatic rings. The van der Waals surface area contributed by atoms with Gasteiger partial charge in [-0.1, -0.05) is 0 Å². The normalized spacial score (nSPS) is 21.0. The molecule has 3 nitrogen and oxygen atoms in total. The number of rotatable bonds is 5. The first-order valence-electron chi connectivity index (χ1n) is 5.79. The topological polar surface area (TPSA) is 26.2 Å². The van der Waals surface area contributed by atoms with Gasteiger partial charge in [-0.2, -0.15) is 0 Å². The Labute approximate surface area is 91.4 Å². The van der Waals surface area contributed by atoms with Gasteiger partial charge in [0.2, 0.25) is 0 Å².